The summed E-state index contributed by atoms with van der Waals surface area (Å²) >= 11 is 0. The second-order valence-corrected chi connectivity index (χ2v) is 4.15. The Labute approximate surface area is 110 Å². The zero-order valence-corrected chi connectivity index (χ0v) is 10.1. The molecule has 0 bridgehead atoms. The molecule has 1 aromatic carbocycles. The topological polar surface area (TPSA) is 25.8 Å². The molecule has 2 heterocycles. The molecule has 0 saturated heterocycles. The van der Waals surface area contributed by atoms with Crippen LogP contribution in [0.25, 0.3) is 22.5 Å². The lowest BCUT2D eigenvalue weighted by molar-refractivity contribution is 0.628. The molecule has 0 amide bonds. The molecule has 3 rings (SSSR count). The van der Waals surface area contributed by atoms with Gasteiger partial charge in [0.15, 0.2) is 0 Å². The van der Waals surface area contributed by atoms with Gasteiger partial charge in [0.05, 0.1) is 11.4 Å². The third kappa shape index (κ3) is 2.50. The number of pyridine rings is 2. The maximum absolute atomic E-state index is 12.9. The van der Waals surface area contributed by atoms with E-state index in [1.54, 1.807) is 24.5 Å². The molecule has 0 aliphatic rings. The van der Waals surface area contributed by atoms with Gasteiger partial charge in [0.25, 0.3) is 0 Å². The maximum atomic E-state index is 12.9. The van der Waals surface area contributed by atoms with Crippen molar-refractivity contribution in [3.8, 4) is 22.5 Å². The van der Waals surface area contributed by atoms with Gasteiger partial charge in [0.1, 0.15) is 5.82 Å². The molecule has 0 radical (unpaired) electrons. The summed E-state index contributed by atoms with van der Waals surface area (Å²) in [6.07, 6.45) is 3.48. The van der Waals surface area contributed by atoms with Crippen LogP contribution in [0.4, 0.5) is 4.39 Å². The van der Waals surface area contributed by atoms with Crippen molar-refractivity contribution in [1.29, 1.82) is 0 Å². The van der Waals surface area contributed by atoms with E-state index in [0.717, 1.165) is 22.5 Å². The second kappa shape index (κ2) is 4.98. The molecule has 2 aromatic heterocycles. The lowest BCUT2D eigenvalue weighted by Crippen LogP contribution is -1.87. The van der Waals surface area contributed by atoms with Gasteiger partial charge >= 0.3 is 0 Å². The largest absolute Gasteiger partial charge is 0.255 e. The first-order valence-corrected chi connectivity index (χ1v) is 5.96. The summed E-state index contributed by atoms with van der Waals surface area (Å²) in [6.45, 7) is 0. The molecule has 0 aliphatic heterocycles. The highest BCUT2D eigenvalue weighted by atomic mass is 19.1. The molecule has 3 aromatic rings. The Kier molecular flexibility index (Phi) is 3.02. The van der Waals surface area contributed by atoms with E-state index in [1.165, 1.54) is 12.1 Å². The van der Waals surface area contributed by atoms with Crippen molar-refractivity contribution in [3.63, 3.8) is 0 Å². The summed E-state index contributed by atoms with van der Waals surface area (Å²) in [5.41, 5.74) is 3.59. The van der Waals surface area contributed by atoms with E-state index >= 15 is 0 Å². The van der Waals surface area contributed by atoms with Crippen molar-refractivity contribution in [3.05, 3.63) is 72.8 Å². The molecular weight excluding hydrogens is 239 g/mol. The van der Waals surface area contributed by atoms with Crippen molar-refractivity contribution in [1.82, 2.24) is 9.97 Å². The molecule has 0 spiro atoms. The number of hydrogen-bond acceptors (Lipinski definition) is 2. The second-order valence-electron chi connectivity index (χ2n) is 4.15. The van der Waals surface area contributed by atoms with Crippen molar-refractivity contribution < 1.29 is 4.39 Å². The molecule has 92 valence electrons. The summed E-state index contributed by atoms with van der Waals surface area (Å²) in [5, 5.41) is 0. The van der Waals surface area contributed by atoms with Crippen LogP contribution in [0.2, 0.25) is 0 Å². The molecule has 0 saturated carbocycles. The first-order valence-electron chi connectivity index (χ1n) is 5.96. The molecule has 0 fully saturated rings. The van der Waals surface area contributed by atoms with Gasteiger partial charge in [-0.2, -0.15) is 0 Å². The van der Waals surface area contributed by atoms with Crippen LogP contribution in [-0.4, -0.2) is 9.97 Å². The van der Waals surface area contributed by atoms with E-state index in [9.17, 15) is 4.39 Å². The Morgan fingerprint density at radius 2 is 1.47 bits per heavy atom. The minimum atomic E-state index is -0.234. The quantitative estimate of drug-likeness (QED) is 0.688. The van der Waals surface area contributed by atoms with E-state index in [1.807, 2.05) is 30.3 Å². The highest BCUT2D eigenvalue weighted by molar-refractivity contribution is 5.68. The standard InChI is InChI=1S/C16H11FN2/c17-14-6-4-12(5-7-14)13-8-10-19-16(11-13)15-3-1-2-9-18-15/h1-11H. The van der Waals surface area contributed by atoms with Crippen molar-refractivity contribution in [2.75, 3.05) is 0 Å². The van der Waals surface area contributed by atoms with Gasteiger partial charge in [-0.25, -0.2) is 4.39 Å². The average molecular weight is 250 g/mol. The van der Waals surface area contributed by atoms with E-state index in [2.05, 4.69) is 9.97 Å². The fraction of sp³-hybridized carbons (Fsp3) is 0. The Morgan fingerprint density at radius 3 is 2.21 bits per heavy atom. The first-order chi connectivity index (χ1) is 9.33. The number of benzene rings is 1. The highest BCUT2D eigenvalue weighted by Crippen LogP contribution is 2.23. The average Bonchev–Trinajstić information content (AvgIpc) is 2.49. The van der Waals surface area contributed by atoms with Gasteiger partial charge in [-0.1, -0.05) is 18.2 Å². The molecule has 0 unspecified atom stereocenters. The van der Waals surface area contributed by atoms with Crippen molar-refractivity contribution in [2.45, 2.75) is 0 Å². The lowest BCUT2D eigenvalue weighted by Gasteiger charge is -2.04. The van der Waals surface area contributed by atoms with Crippen LogP contribution >= 0.6 is 0 Å². The molecule has 3 heteroatoms. The van der Waals surface area contributed by atoms with Crippen LogP contribution in [0.15, 0.2) is 67.0 Å². The van der Waals surface area contributed by atoms with E-state index in [0.29, 0.717) is 0 Å². The Balaban J connectivity index is 2.03. The molecule has 0 N–H and O–H groups in total. The van der Waals surface area contributed by atoms with Crippen LogP contribution in [0.5, 0.6) is 0 Å². The van der Waals surface area contributed by atoms with Gasteiger partial charge in [-0.05, 0) is 47.5 Å². The predicted octanol–water partition coefficient (Wildman–Crippen LogP) is 3.95. The minimum absolute atomic E-state index is 0.234. The van der Waals surface area contributed by atoms with Gasteiger partial charge in [0.2, 0.25) is 0 Å². The molecule has 0 aliphatic carbocycles. The summed E-state index contributed by atoms with van der Waals surface area (Å²) < 4.78 is 12.9. The number of rotatable bonds is 2. The third-order valence-corrected chi connectivity index (χ3v) is 2.86. The number of hydrogen-bond donors (Lipinski definition) is 0. The third-order valence-electron chi connectivity index (χ3n) is 2.86. The maximum Gasteiger partial charge on any atom is 0.123 e. The van der Waals surface area contributed by atoms with Crippen LogP contribution in [0, 0.1) is 5.82 Å². The van der Waals surface area contributed by atoms with Crippen LogP contribution in [0.1, 0.15) is 0 Å². The molecule has 19 heavy (non-hydrogen) atoms. The van der Waals surface area contributed by atoms with E-state index < -0.39 is 0 Å². The molecule has 2 nitrogen and oxygen atoms in total. The zero-order valence-electron chi connectivity index (χ0n) is 10.1. The van der Waals surface area contributed by atoms with Crippen LogP contribution in [0.3, 0.4) is 0 Å². The predicted molar refractivity (Wildman–Crippen MR) is 72.9 cm³/mol. The summed E-state index contributed by atoms with van der Waals surface area (Å²) in [6, 6.07) is 16.0. The summed E-state index contributed by atoms with van der Waals surface area (Å²) in [4.78, 5) is 8.59. The number of nitrogens with zero attached hydrogens (tertiary/aromatic N) is 2. The van der Waals surface area contributed by atoms with Crippen LogP contribution in [-0.2, 0) is 0 Å². The Hall–Kier alpha value is -2.55. The smallest absolute Gasteiger partial charge is 0.123 e. The highest BCUT2D eigenvalue weighted by Gasteiger charge is 2.03. The SMILES string of the molecule is Fc1ccc(-c2ccnc(-c3ccccn3)c2)cc1. The van der Waals surface area contributed by atoms with Gasteiger partial charge in [-0.3, -0.25) is 9.97 Å². The number of aromatic nitrogens is 2. The monoisotopic (exact) mass is 250 g/mol. The molecular formula is C16H11FN2. The van der Waals surface area contributed by atoms with E-state index in [-0.39, 0.29) is 5.82 Å². The van der Waals surface area contributed by atoms with Crippen molar-refractivity contribution >= 4 is 0 Å². The van der Waals surface area contributed by atoms with Crippen molar-refractivity contribution in [2.24, 2.45) is 0 Å². The lowest BCUT2D eigenvalue weighted by atomic mass is 10.1. The van der Waals surface area contributed by atoms with Gasteiger partial charge in [-0.15, -0.1) is 0 Å². The normalized spacial score (nSPS) is 10.4. The minimum Gasteiger partial charge on any atom is -0.255 e. The van der Waals surface area contributed by atoms with Crippen LogP contribution < -0.4 is 0 Å². The summed E-state index contributed by atoms with van der Waals surface area (Å²) in [5.74, 6) is -0.234. The van der Waals surface area contributed by atoms with Gasteiger partial charge < -0.3 is 0 Å². The molecule has 0 atom stereocenters. The van der Waals surface area contributed by atoms with E-state index in [4.69, 9.17) is 0 Å². The fourth-order valence-corrected chi connectivity index (χ4v) is 1.91. The first kappa shape index (κ1) is 11.5. The number of halogens is 1. The Morgan fingerprint density at radius 1 is 0.684 bits per heavy atom. The Bertz CT molecular complexity index is 679. The van der Waals surface area contributed by atoms with Gasteiger partial charge in [0, 0.05) is 12.4 Å². The zero-order chi connectivity index (χ0) is 13.1. The summed E-state index contributed by atoms with van der Waals surface area (Å²) in [7, 11) is 0. The fourth-order valence-electron chi connectivity index (χ4n) is 1.91.